The van der Waals surface area contributed by atoms with Crippen molar-refractivity contribution in [3.63, 3.8) is 0 Å². The van der Waals surface area contributed by atoms with Gasteiger partial charge < -0.3 is 4.52 Å². The summed E-state index contributed by atoms with van der Waals surface area (Å²) in [6.07, 6.45) is 30.7. The van der Waals surface area contributed by atoms with Crippen LogP contribution in [0.5, 0.6) is 0 Å². The van der Waals surface area contributed by atoms with E-state index in [0.29, 0.717) is 5.92 Å². The van der Waals surface area contributed by atoms with Gasteiger partial charge in [-0.15, -0.1) is 0 Å². The Labute approximate surface area is 182 Å². The van der Waals surface area contributed by atoms with Gasteiger partial charge in [0.2, 0.25) is 0 Å². The Bertz CT molecular complexity index is 447. The predicted octanol–water partition coefficient (Wildman–Crippen LogP) is 6.94. The normalized spacial score (nSPS) is 15.3. The minimum Gasteiger partial charge on any atom is -0.358 e. The van der Waals surface area contributed by atoms with Gasteiger partial charge in [0, 0.05) is 40.6 Å². The largest absolute Gasteiger partial charge is 0.358 e. The van der Waals surface area contributed by atoms with Crippen molar-refractivity contribution in [3.05, 3.63) is 79.8 Å². The molecule has 0 aliphatic rings. The van der Waals surface area contributed by atoms with Crippen molar-refractivity contribution in [2.75, 3.05) is 0 Å². The summed E-state index contributed by atoms with van der Waals surface area (Å²) < 4.78 is 5.28. The standard InChI is InChI=1S/C22H34OP.U/c1-4-6-18-21(3)19-15-13-11-9-7-8-10-12-14-16-20-22(23-24)17-5-2;/h4,6-8,11-16,19-22H,1,5,9-10,17-18,24H2,2-3H3;/q-1;/b6-4-,8-7-,13-11-,14-12-,19-15+,20-16+;. The van der Waals surface area contributed by atoms with E-state index in [9.17, 15) is 0 Å². The molecule has 0 radical (unpaired) electrons. The summed E-state index contributed by atoms with van der Waals surface area (Å²) in [7, 11) is 2.34. The SMILES string of the molecule is [CH2-]/C=C\CC(C)/C=C/C=C\C/C=C\C/C=C\C=C\C(CCC)OP.[U]. The number of allylic oxidation sites excluding steroid dienone is 11. The molecule has 3 unspecified atom stereocenters. The van der Waals surface area contributed by atoms with E-state index < -0.39 is 0 Å². The Kier molecular flexibility index (Phi) is 23.5. The Morgan fingerprint density at radius 3 is 2.04 bits per heavy atom. The van der Waals surface area contributed by atoms with Crippen LogP contribution < -0.4 is 0 Å². The van der Waals surface area contributed by atoms with Crippen molar-refractivity contribution in [3.8, 4) is 0 Å². The third kappa shape index (κ3) is 19.9. The van der Waals surface area contributed by atoms with Crippen LogP contribution in [-0.2, 0) is 4.52 Å². The molecule has 0 N–H and O–H groups in total. The van der Waals surface area contributed by atoms with Gasteiger partial charge in [0.15, 0.2) is 0 Å². The Hall–Kier alpha value is -0.248. The number of rotatable bonds is 13. The van der Waals surface area contributed by atoms with E-state index in [2.05, 4.69) is 97.1 Å². The smallest absolute Gasteiger partial charge is 0.0794 e. The zero-order valence-corrected chi connectivity index (χ0v) is 21.1. The molecule has 0 aliphatic carbocycles. The van der Waals surface area contributed by atoms with Crippen LogP contribution in [0.2, 0.25) is 0 Å². The van der Waals surface area contributed by atoms with Crippen molar-refractivity contribution < 1.29 is 35.6 Å². The summed E-state index contributed by atoms with van der Waals surface area (Å²) in [6.45, 7) is 8.07. The fraction of sp³-hybridized carbons (Fsp3) is 0.409. The maximum absolute atomic E-state index is 5.28. The zero-order valence-electron chi connectivity index (χ0n) is 15.8. The Morgan fingerprint density at radius 1 is 0.920 bits per heavy atom. The predicted molar refractivity (Wildman–Crippen MR) is 113 cm³/mol. The van der Waals surface area contributed by atoms with Crippen LogP contribution in [0.1, 0.15) is 46.0 Å². The van der Waals surface area contributed by atoms with Gasteiger partial charge >= 0.3 is 0 Å². The maximum atomic E-state index is 5.28. The number of hydrogen-bond acceptors (Lipinski definition) is 1. The monoisotopic (exact) mass is 583 g/mol. The molecule has 3 atom stereocenters. The van der Waals surface area contributed by atoms with Gasteiger partial charge in [0.05, 0.1) is 6.10 Å². The first-order valence-electron chi connectivity index (χ1n) is 8.86. The molecular formula is C22H34OPU-. The van der Waals surface area contributed by atoms with E-state index in [1.54, 1.807) is 0 Å². The molecule has 0 amide bonds. The molecule has 0 aliphatic heterocycles. The average molecular weight is 584 g/mol. The molecule has 0 bridgehead atoms. The fourth-order valence-corrected chi connectivity index (χ4v) is 2.22. The number of hydrogen-bond donors (Lipinski definition) is 0. The molecule has 0 fully saturated rings. The van der Waals surface area contributed by atoms with Gasteiger partial charge in [0.25, 0.3) is 0 Å². The first-order valence-corrected chi connectivity index (χ1v) is 9.33. The molecule has 0 aromatic heterocycles. The van der Waals surface area contributed by atoms with Crippen LogP contribution in [-0.4, -0.2) is 6.10 Å². The Balaban J connectivity index is 0. The molecular weight excluding hydrogens is 549 g/mol. The second kappa shape index (κ2) is 21.8. The first kappa shape index (κ1) is 27.0. The maximum Gasteiger partial charge on any atom is 0.0794 e. The molecule has 138 valence electrons. The molecule has 3 heteroatoms. The van der Waals surface area contributed by atoms with Gasteiger partial charge in [0.1, 0.15) is 0 Å². The van der Waals surface area contributed by atoms with Crippen molar-refractivity contribution >= 4 is 9.47 Å². The first-order chi connectivity index (χ1) is 11.7. The van der Waals surface area contributed by atoms with E-state index in [1.165, 1.54) is 0 Å². The average Bonchev–Trinajstić information content (AvgIpc) is 2.59. The van der Waals surface area contributed by atoms with Gasteiger partial charge in [-0.3, -0.25) is 0 Å². The van der Waals surface area contributed by atoms with Crippen LogP contribution in [0, 0.1) is 44.0 Å². The van der Waals surface area contributed by atoms with E-state index in [1.807, 2.05) is 6.08 Å². The van der Waals surface area contributed by atoms with Crippen LogP contribution in [0.25, 0.3) is 0 Å². The van der Waals surface area contributed by atoms with E-state index in [4.69, 9.17) is 4.52 Å². The van der Waals surface area contributed by atoms with Crippen LogP contribution in [0.3, 0.4) is 0 Å². The molecule has 0 heterocycles. The fourth-order valence-electron chi connectivity index (χ4n) is 1.99. The molecule has 25 heavy (non-hydrogen) atoms. The summed E-state index contributed by atoms with van der Waals surface area (Å²) in [5, 5.41) is 0. The van der Waals surface area contributed by atoms with Gasteiger partial charge in [-0.25, -0.2) is 19.1 Å². The summed E-state index contributed by atoms with van der Waals surface area (Å²) in [4.78, 5) is 0. The summed E-state index contributed by atoms with van der Waals surface area (Å²) >= 11 is 0. The van der Waals surface area contributed by atoms with Gasteiger partial charge in [-0.1, -0.05) is 87.4 Å². The second-order valence-electron chi connectivity index (χ2n) is 5.72. The van der Waals surface area contributed by atoms with Crippen molar-refractivity contribution in [1.82, 2.24) is 0 Å². The summed E-state index contributed by atoms with van der Waals surface area (Å²) in [5.74, 6) is 0.565. The quantitative estimate of drug-likeness (QED) is 0.0989. The third-order valence-electron chi connectivity index (χ3n) is 3.39. The molecule has 0 spiro atoms. The molecule has 0 saturated carbocycles. The third-order valence-corrected chi connectivity index (χ3v) is 3.74. The minimum absolute atomic E-state index is 0. The van der Waals surface area contributed by atoms with Crippen LogP contribution in [0.4, 0.5) is 0 Å². The van der Waals surface area contributed by atoms with Crippen LogP contribution in [0.15, 0.2) is 72.9 Å². The second-order valence-corrected chi connectivity index (χ2v) is 5.99. The minimum atomic E-state index is 0. The van der Waals surface area contributed by atoms with Gasteiger partial charge in [-0.05, 0) is 25.2 Å². The zero-order chi connectivity index (χ0) is 17.9. The molecule has 1 nitrogen and oxygen atoms in total. The van der Waals surface area contributed by atoms with E-state index >= 15 is 0 Å². The van der Waals surface area contributed by atoms with Gasteiger partial charge in [-0.2, -0.15) is 0 Å². The molecule has 0 saturated heterocycles. The Morgan fingerprint density at radius 2 is 1.52 bits per heavy atom. The molecule has 0 rings (SSSR count). The topological polar surface area (TPSA) is 9.23 Å². The summed E-state index contributed by atoms with van der Waals surface area (Å²) in [6, 6.07) is 0. The molecule has 0 aromatic carbocycles. The van der Waals surface area contributed by atoms with Crippen molar-refractivity contribution in [2.45, 2.75) is 52.1 Å². The van der Waals surface area contributed by atoms with Crippen LogP contribution >= 0.6 is 9.47 Å². The van der Waals surface area contributed by atoms with Crippen molar-refractivity contribution in [2.24, 2.45) is 5.92 Å². The van der Waals surface area contributed by atoms with E-state index in [0.717, 1.165) is 32.1 Å². The van der Waals surface area contributed by atoms with Crippen molar-refractivity contribution in [1.29, 1.82) is 0 Å². The summed E-state index contributed by atoms with van der Waals surface area (Å²) in [5.41, 5.74) is 0. The molecule has 0 aromatic rings. The van der Waals surface area contributed by atoms with E-state index in [-0.39, 0.29) is 37.2 Å².